The van der Waals surface area contributed by atoms with Gasteiger partial charge >= 0.3 is 5.97 Å². The molecule has 0 saturated heterocycles. The zero-order valence-electron chi connectivity index (χ0n) is 6.99. The molecule has 0 heterocycles. The van der Waals surface area contributed by atoms with Gasteiger partial charge in [0.25, 0.3) is 0 Å². The van der Waals surface area contributed by atoms with Crippen LogP contribution in [0.15, 0.2) is 0 Å². The molecule has 0 aromatic rings. The van der Waals surface area contributed by atoms with E-state index in [0.717, 1.165) is 0 Å². The smallest absolute Gasteiger partial charge is 0.316 e. The highest BCUT2D eigenvalue weighted by atomic mass is 16.5. The number of rotatable bonds is 1. The number of methoxy groups -OCH3 is 1. The van der Waals surface area contributed by atoms with Crippen LogP contribution in [0.25, 0.3) is 0 Å². The van der Waals surface area contributed by atoms with Gasteiger partial charge < -0.3 is 4.74 Å². The number of ketones is 2. The van der Waals surface area contributed by atoms with Crippen molar-refractivity contribution in [3.63, 3.8) is 0 Å². The molecule has 0 aromatic carbocycles. The van der Waals surface area contributed by atoms with E-state index in [1.54, 1.807) is 0 Å². The second kappa shape index (κ2) is 3.05. The van der Waals surface area contributed by atoms with Gasteiger partial charge in [0.2, 0.25) is 0 Å². The van der Waals surface area contributed by atoms with E-state index < -0.39 is 17.8 Å². The van der Waals surface area contributed by atoms with Crippen LogP contribution in [0, 0.1) is 11.8 Å². The van der Waals surface area contributed by atoms with E-state index in [1.165, 1.54) is 14.0 Å². The van der Waals surface area contributed by atoms with Crippen LogP contribution in [0.4, 0.5) is 0 Å². The van der Waals surface area contributed by atoms with Crippen molar-refractivity contribution < 1.29 is 19.1 Å². The molecular weight excluding hydrogens is 160 g/mol. The number of carbonyl (C=O) groups is 3. The van der Waals surface area contributed by atoms with Gasteiger partial charge in [-0.1, -0.05) is 0 Å². The van der Waals surface area contributed by atoms with Crippen molar-refractivity contribution in [3.8, 4) is 0 Å². The number of hydrogen-bond acceptors (Lipinski definition) is 4. The molecule has 66 valence electrons. The first-order chi connectivity index (χ1) is 5.57. The SMILES string of the molecule is COC(=O)C1CC(=O)C(C)C1=O. The predicted octanol–water partition coefficient (Wildman–Crippen LogP) is -0.0464. The molecule has 4 nitrogen and oxygen atoms in total. The second-order valence-electron chi connectivity index (χ2n) is 2.87. The lowest BCUT2D eigenvalue weighted by atomic mass is 10.1. The summed E-state index contributed by atoms with van der Waals surface area (Å²) < 4.78 is 4.39. The summed E-state index contributed by atoms with van der Waals surface area (Å²) in [5, 5.41) is 0. The lowest BCUT2D eigenvalue weighted by Gasteiger charge is -2.03. The highest BCUT2D eigenvalue weighted by Crippen LogP contribution is 2.24. The van der Waals surface area contributed by atoms with E-state index in [0.29, 0.717) is 0 Å². The van der Waals surface area contributed by atoms with Crippen molar-refractivity contribution in [1.29, 1.82) is 0 Å². The molecule has 1 aliphatic rings. The highest BCUT2D eigenvalue weighted by Gasteiger charge is 2.42. The topological polar surface area (TPSA) is 60.4 Å². The lowest BCUT2D eigenvalue weighted by Crippen LogP contribution is -2.22. The van der Waals surface area contributed by atoms with Crippen LogP contribution in [-0.2, 0) is 19.1 Å². The van der Waals surface area contributed by atoms with Crippen molar-refractivity contribution in [2.24, 2.45) is 11.8 Å². The summed E-state index contributed by atoms with van der Waals surface area (Å²) in [7, 11) is 1.21. The van der Waals surface area contributed by atoms with E-state index in [9.17, 15) is 14.4 Å². The summed E-state index contributed by atoms with van der Waals surface area (Å²) in [6.07, 6.45) is 0.00662. The maximum atomic E-state index is 11.2. The molecule has 0 aliphatic heterocycles. The third kappa shape index (κ3) is 1.24. The molecule has 1 saturated carbocycles. The third-order valence-corrected chi connectivity index (χ3v) is 2.14. The molecule has 0 spiro atoms. The summed E-state index contributed by atoms with van der Waals surface area (Å²) in [4.78, 5) is 33.1. The van der Waals surface area contributed by atoms with Crippen LogP contribution < -0.4 is 0 Å². The summed E-state index contributed by atoms with van der Waals surface area (Å²) in [5.41, 5.74) is 0. The van der Waals surface area contributed by atoms with Gasteiger partial charge in [0.15, 0.2) is 5.78 Å². The number of ether oxygens (including phenoxy) is 1. The minimum Gasteiger partial charge on any atom is -0.468 e. The third-order valence-electron chi connectivity index (χ3n) is 2.14. The molecule has 1 rings (SSSR count). The van der Waals surface area contributed by atoms with E-state index in [1.807, 2.05) is 0 Å². The van der Waals surface area contributed by atoms with Gasteiger partial charge in [0, 0.05) is 6.42 Å². The maximum absolute atomic E-state index is 11.2. The normalized spacial score (nSPS) is 29.2. The Morgan fingerprint density at radius 2 is 2.08 bits per heavy atom. The first-order valence-corrected chi connectivity index (χ1v) is 3.72. The lowest BCUT2D eigenvalue weighted by molar-refractivity contribution is -0.148. The standard InChI is InChI=1S/C8H10O4/c1-4-6(9)3-5(7(4)10)8(11)12-2/h4-5H,3H2,1-2H3. The van der Waals surface area contributed by atoms with Crippen LogP contribution in [0.1, 0.15) is 13.3 Å². The molecule has 2 unspecified atom stereocenters. The first-order valence-electron chi connectivity index (χ1n) is 3.72. The predicted molar refractivity (Wildman–Crippen MR) is 39.3 cm³/mol. The van der Waals surface area contributed by atoms with Crippen molar-refractivity contribution in [2.75, 3.05) is 7.11 Å². The van der Waals surface area contributed by atoms with E-state index in [-0.39, 0.29) is 18.0 Å². The van der Waals surface area contributed by atoms with Crippen LogP contribution >= 0.6 is 0 Å². The molecule has 0 radical (unpaired) electrons. The minimum atomic E-state index is -0.850. The number of Topliss-reactive ketones (excluding diaryl/α,β-unsaturated/α-hetero) is 2. The Morgan fingerprint density at radius 3 is 2.42 bits per heavy atom. The van der Waals surface area contributed by atoms with Crippen molar-refractivity contribution in [2.45, 2.75) is 13.3 Å². The van der Waals surface area contributed by atoms with Gasteiger partial charge in [-0.2, -0.15) is 0 Å². The monoisotopic (exact) mass is 170 g/mol. The van der Waals surface area contributed by atoms with Gasteiger partial charge in [-0.15, -0.1) is 0 Å². The van der Waals surface area contributed by atoms with Gasteiger partial charge in [-0.3, -0.25) is 14.4 Å². The van der Waals surface area contributed by atoms with Gasteiger partial charge in [-0.25, -0.2) is 0 Å². The molecule has 2 atom stereocenters. The Bertz CT molecular complexity index is 243. The fourth-order valence-electron chi connectivity index (χ4n) is 1.28. The zero-order chi connectivity index (χ0) is 9.30. The summed E-state index contributed by atoms with van der Waals surface area (Å²) in [6, 6.07) is 0. The average molecular weight is 170 g/mol. The number of carbonyl (C=O) groups excluding carboxylic acids is 3. The fraction of sp³-hybridized carbons (Fsp3) is 0.625. The Balaban J connectivity index is 2.78. The van der Waals surface area contributed by atoms with Crippen molar-refractivity contribution >= 4 is 17.5 Å². The summed E-state index contributed by atoms with van der Waals surface area (Å²) in [5.74, 6) is -2.56. The average Bonchev–Trinajstić information content (AvgIpc) is 2.32. The molecule has 4 heteroatoms. The molecule has 0 bridgehead atoms. The van der Waals surface area contributed by atoms with Gasteiger partial charge in [-0.05, 0) is 6.92 Å². The van der Waals surface area contributed by atoms with Crippen LogP contribution in [0.2, 0.25) is 0 Å². The molecule has 0 aromatic heterocycles. The van der Waals surface area contributed by atoms with Crippen LogP contribution in [0.3, 0.4) is 0 Å². The second-order valence-corrected chi connectivity index (χ2v) is 2.87. The molecular formula is C8H10O4. The molecule has 1 aliphatic carbocycles. The van der Waals surface area contributed by atoms with E-state index in [4.69, 9.17) is 0 Å². The Labute approximate surface area is 69.9 Å². The van der Waals surface area contributed by atoms with E-state index in [2.05, 4.69) is 4.74 Å². The quantitative estimate of drug-likeness (QED) is 0.409. The van der Waals surface area contributed by atoms with Gasteiger partial charge in [0.05, 0.1) is 13.0 Å². The number of hydrogen-bond donors (Lipinski definition) is 0. The van der Waals surface area contributed by atoms with E-state index >= 15 is 0 Å². The fourth-order valence-corrected chi connectivity index (χ4v) is 1.28. The number of esters is 1. The molecule has 12 heavy (non-hydrogen) atoms. The molecule has 0 N–H and O–H groups in total. The minimum absolute atomic E-state index is 0.00662. The van der Waals surface area contributed by atoms with Crippen LogP contribution in [-0.4, -0.2) is 24.6 Å². The largest absolute Gasteiger partial charge is 0.468 e. The maximum Gasteiger partial charge on any atom is 0.316 e. The van der Waals surface area contributed by atoms with Gasteiger partial charge in [0.1, 0.15) is 11.7 Å². The summed E-state index contributed by atoms with van der Waals surface area (Å²) >= 11 is 0. The van der Waals surface area contributed by atoms with Crippen LogP contribution in [0.5, 0.6) is 0 Å². The molecule has 0 amide bonds. The van der Waals surface area contributed by atoms with Crippen molar-refractivity contribution in [1.82, 2.24) is 0 Å². The summed E-state index contributed by atoms with van der Waals surface area (Å²) in [6.45, 7) is 1.52. The Morgan fingerprint density at radius 1 is 1.50 bits per heavy atom. The first kappa shape index (κ1) is 8.90. The molecule has 1 fully saturated rings. The van der Waals surface area contributed by atoms with Crippen molar-refractivity contribution in [3.05, 3.63) is 0 Å². The Hall–Kier alpha value is -1.19. The highest BCUT2D eigenvalue weighted by molar-refractivity contribution is 6.17. The zero-order valence-corrected chi connectivity index (χ0v) is 6.99. The Kier molecular flexibility index (Phi) is 2.26.